The molecule has 1 aliphatic heterocycles. The van der Waals surface area contributed by atoms with Crippen LogP contribution in [-0.4, -0.2) is 19.8 Å². The molecular weight excluding hydrogens is 208 g/mol. The van der Waals surface area contributed by atoms with Gasteiger partial charge in [0, 0.05) is 30.3 Å². The minimum absolute atomic E-state index is 0.778. The largest absolute Gasteiger partial charge is 0.398 e. The van der Waals surface area contributed by atoms with Gasteiger partial charge in [0.15, 0.2) is 0 Å². The molecule has 0 aliphatic carbocycles. The molecule has 15 heavy (non-hydrogen) atoms. The van der Waals surface area contributed by atoms with Crippen LogP contribution in [0, 0.1) is 5.92 Å². The second-order valence-corrected chi connectivity index (χ2v) is 4.99. The van der Waals surface area contributed by atoms with Gasteiger partial charge in [-0.2, -0.15) is 0 Å². The molecule has 0 bridgehead atoms. The van der Waals surface area contributed by atoms with Crippen molar-refractivity contribution >= 4 is 17.0 Å². The van der Waals surface area contributed by atoms with Gasteiger partial charge in [0.25, 0.3) is 0 Å². The van der Waals surface area contributed by atoms with Crippen molar-refractivity contribution in [3.8, 4) is 0 Å². The van der Waals surface area contributed by atoms with Gasteiger partial charge in [-0.05, 0) is 36.8 Å². The molecular formula is C11H18N2OS. The number of nitrogens with one attached hydrogen (secondary N) is 1. The fourth-order valence-electron chi connectivity index (χ4n) is 1.83. The Morgan fingerprint density at radius 1 is 1.47 bits per heavy atom. The first-order valence-corrected chi connectivity index (χ1v) is 6.34. The van der Waals surface area contributed by atoms with E-state index >= 15 is 0 Å². The third-order valence-corrected chi connectivity index (χ3v) is 3.78. The van der Waals surface area contributed by atoms with Crippen molar-refractivity contribution in [1.29, 1.82) is 0 Å². The van der Waals surface area contributed by atoms with Gasteiger partial charge < -0.3 is 15.8 Å². The molecule has 1 aliphatic rings. The van der Waals surface area contributed by atoms with E-state index in [1.165, 1.54) is 17.7 Å². The van der Waals surface area contributed by atoms with Gasteiger partial charge in [-0.1, -0.05) is 0 Å². The Bertz CT molecular complexity index is 295. The van der Waals surface area contributed by atoms with Crippen molar-refractivity contribution in [1.82, 2.24) is 5.32 Å². The van der Waals surface area contributed by atoms with Crippen molar-refractivity contribution in [2.45, 2.75) is 19.4 Å². The van der Waals surface area contributed by atoms with Crippen molar-refractivity contribution in [3.05, 3.63) is 16.3 Å². The van der Waals surface area contributed by atoms with Crippen LogP contribution < -0.4 is 11.1 Å². The highest BCUT2D eigenvalue weighted by molar-refractivity contribution is 7.10. The Labute approximate surface area is 94.6 Å². The zero-order valence-corrected chi connectivity index (χ0v) is 9.69. The predicted octanol–water partition coefficient (Wildman–Crippen LogP) is 1.85. The summed E-state index contributed by atoms with van der Waals surface area (Å²) in [5, 5.41) is 5.52. The van der Waals surface area contributed by atoms with E-state index in [0.29, 0.717) is 0 Å². The lowest BCUT2D eigenvalue weighted by Gasteiger charge is -2.22. The number of nitrogens with two attached hydrogens (primary N) is 1. The Morgan fingerprint density at radius 3 is 2.93 bits per heavy atom. The molecule has 0 atom stereocenters. The third-order valence-electron chi connectivity index (χ3n) is 2.84. The summed E-state index contributed by atoms with van der Waals surface area (Å²) in [6, 6.07) is 1.97. The van der Waals surface area contributed by atoms with Gasteiger partial charge in [0.05, 0.1) is 0 Å². The molecule has 3 N–H and O–H groups in total. The van der Waals surface area contributed by atoms with Crippen molar-refractivity contribution in [2.75, 3.05) is 25.5 Å². The maximum Gasteiger partial charge on any atom is 0.0469 e. The average Bonchev–Trinajstić information content (AvgIpc) is 2.66. The highest BCUT2D eigenvalue weighted by Gasteiger charge is 2.13. The summed E-state index contributed by atoms with van der Waals surface area (Å²) in [6.45, 7) is 3.84. The van der Waals surface area contributed by atoms with Crippen LogP contribution in [0.3, 0.4) is 0 Å². The lowest BCUT2D eigenvalue weighted by molar-refractivity contribution is 0.0662. The Hall–Kier alpha value is -0.580. The quantitative estimate of drug-likeness (QED) is 0.823. The van der Waals surface area contributed by atoms with E-state index in [9.17, 15) is 0 Å². The molecule has 0 saturated carbocycles. The highest BCUT2D eigenvalue weighted by Crippen LogP contribution is 2.19. The number of hydrogen-bond donors (Lipinski definition) is 2. The monoisotopic (exact) mass is 226 g/mol. The summed E-state index contributed by atoms with van der Waals surface area (Å²) in [6.07, 6.45) is 2.37. The molecule has 84 valence electrons. The summed E-state index contributed by atoms with van der Waals surface area (Å²) in [7, 11) is 0. The summed E-state index contributed by atoms with van der Waals surface area (Å²) in [4.78, 5) is 1.25. The molecule has 0 unspecified atom stereocenters. The Morgan fingerprint density at radius 2 is 2.27 bits per heavy atom. The fourth-order valence-corrected chi connectivity index (χ4v) is 2.60. The number of ether oxygens (including phenoxy) is 1. The van der Waals surface area contributed by atoms with E-state index in [2.05, 4.69) is 5.32 Å². The van der Waals surface area contributed by atoms with Crippen LogP contribution in [0.15, 0.2) is 11.4 Å². The van der Waals surface area contributed by atoms with Gasteiger partial charge in [-0.3, -0.25) is 0 Å². The number of rotatable bonds is 4. The zero-order valence-electron chi connectivity index (χ0n) is 8.87. The molecule has 0 spiro atoms. The Kier molecular flexibility index (Phi) is 4.00. The zero-order chi connectivity index (χ0) is 10.5. The van der Waals surface area contributed by atoms with Crippen molar-refractivity contribution in [3.63, 3.8) is 0 Å². The smallest absolute Gasteiger partial charge is 0.0469 e. The first-order valence-electron chi connectivity index (χ1n) is 5.46. The lowest BCUT2D eigenvalue weighted by Crippen LogP contribution is -2.27. The van der Waals surface area contributed by atoms with Gasteiger partial charge in [0.1, 0.15) is 0 Å². The Balaban J connectivity index is 1.68. The molecule has 2 heterocycles. The molecule has 1 saturated heterocycles. The lowest BCUT2D eigenvalue weighted by atomic mass is 10.0. The second-order valence-electron chi connectivity index (χ2n) is 3.99. The maximum absolute atomic E-state index is 5.81. The van der Waals surface area contributed by atoms with E-state index in [1.807, 2.05) is 11.4 Å². The minimum atomic E-state index is 0.778. The molecule has 0 aromatic carbocycles. The second kappa shape index (κ2) is 5.49. The van der Waals surface area contributed by atoms with Gasteiger partial charge in [0.2, 0.25) is 0 Å². The maximum atomic E-state index is 5.81. The average molecular weight is 226 g/mol. The van der Waals surface area contributed by atoms with Crippen LogP contribution in [0.5, 0.6) is 0 Å². The SMILES string of the molecule is Nc1ccsc1CNCC1CCOCC1. The normalized spacial score (nSPS) is 18.1. The molecule has 1 fully saturated rings. The topological polar surface area (TPSA) is 47.3 Å². The van der Waals surface area contributed by atoms with E-state index in [4.69, 9.17) is 10.5 Å². The standard InChI is InChI=1S/C11H18N2OS/c12-10-3-6-15-11(10)8-13-7-9-1-4-14-5-2-9/h3,6,9,13H,1-2,4-5,7-8,12H2. The highest BCUT2D eigenvalue weighted by atomic mass is 32.1. The van der Waals surface area contributed by atoms with Crippen molar-refractivity contribution < 1.29 is 4.74 Å². The van der Waals surface area contributed by atoms with E-state index < -0.39 is 0 Å². The molecule has 1 aromatic rings. The van der Waals surface area contributed by atoms with Crippen LogP contribution in [-0.2, 0) is 11.3 Å². The van der Waals surface area contributed by atoms with Gasteiger partial charge in [-0.25, -0.2) is 0 Å². The fraction of sp³-hybridized carbons (Fsp3) is 0.636. The number of hydrogen-bond acceptors (Lipinski definition) is 4. The van der Waals surface area contributed by atoms with Gasteiger partial charge >= 0.3 is 0 Å². The van der Waals surface area contributed by atoms with Crippen LogP contribution in [0.1, 0.15) is 17.7 Å². The molecule has 0 amide bonds. The molecule has 4 heteroatoms. The number of nitrogen functional groups attached to an aromatic ring is 1. The number of anilines is 1. The summed E-state index contributed by atoms with van der Waals surface area (Å²) >= 11 is 1.72. The molecule has 0 radical (unpaired) electrons. The van der Waals surface area contributed by atoms with Crippen LogP contribution in [0.2, 0.25) is 0 Å². The third kappa shape index (κ3) is 3.19. The number of thiophene rings is 1. The van der Waals surface area contributed by atoms with E-state index in [1.54, 1.807) is 11.3 Å². The first-order chi connectivity index (χ1) is 7.36. The minimum Gasteiger partial charge on any atom is -0.398 e. The summed E-state index contributed by atoms with van der Waals surface area (Å²) in [5.41, 5.74) is 6.73. The van der Waals surface area contributed by atoms with Crippen molar-refractivity contribution in [2.24, 2.45) is 5.92 Å². The summed E-state index contributed by atoms with van der Waals surface area (Å²) in [5.74, 6) is 0.778. The predicted molar refractivity (Wildman–Crippen MR) is 64.0 cm³/mol. The van der Waals surface area contributed by atoms with Gasteiger partial charge in [-0.15, -0.1) is 11.3 Å². The summed E-state index contributed by atoms with van der Waals surface area (Å²) < 4.78 is 5.33. The molecule has 3 nitrogen and oxygen atoms in total. The molecule has 2 rings (SSSR count). The van der Waals surface area contributed by atoms with Crippen LogP contribution in [0.25, 0.3) is 0 Å². The van der Waals surface area contributed by atoms with Crippen LogP contribution in [0.4, 0.5) is 5.69 Å². The first kappa shape index (κ1) is 10.9. The van der Waals surface area contributed by atoms with E-state index in [0.717, 1.165) is 37.9 Å². The molecule has 1 aromatic heterocycles. The van der Waals surface area contributed by atoms with Crippen LogP contribution >= 0.6 is 11.3 Å². The van der Waals surface area contributed by atoms with E-state index in [-0.39, 0.29) is 0 Å².